The normalized spacial score (nSPS) is 10.1. The molecule has 0 saturated carbocycles. The molecule has 7 heteroatoms. The van der Waals surface area contributed by atoms with Gasteiger partial charge in [-0.05, 0) is 19.2 Å². The maximum atomic E-state index is 11.1. The molecule has 18 heavy (non-hydrogen) atoms. The summed E-state index contributed by atoms with van der Waals surface area (Å²) in [5.41, 5.74) is 5.76. The van der Waals surface area contributed by atoms with Gasteiger partial charge in [0.2, 0.25) is 5.91 Å². The van der Waals surface area contributed by atoms with Crippen LogP contribution in [0.3, 0.4) is 0 Å². The van der Waals surface area contributed by atoms with Gasteiger partial charge >= 0.3 is 0 Å². The maximum Gasteiger partial charge on any atom is 0.292 e. The summed E-state index contributed by atoms with van der Waals surface area (Å²) in [6, 6.07) is 4.09. The number of nitro benzene ring substituents is 1. The molecule has 0 heterocycles. The molecule has 0 atom stereocenters. The second-order valence-electron chi connectivity index (χ2n) is 3.85. The van der Waals surface area contributed by atoms with E-state index in [1.807, 2.05) is 0 Å². The van der Waals surface area contributed by atoms with Crippen LogP contribution in [0.25, 0.3) is 0 Å². The van der Waals surface area contributed by atoms with Gasteiger partial charge in [0.25, 0.3) is 5.69 Å². The summed E-state index contributed by atoms with van der Waals surface area (Å²) < 4.78 is 0. The van der Waals surface area contributed by atoms with Crippen LogP contribution in [0.15, 0.2) is 18.2 Å². The fourth-order valence-electron chi connectivity index (χ4n) is 1.54. The van der Waals surface area contributed by atoms with Crippen molar-refractivity contribution in [1.82, 2.24) is 5.32 Å². The molecule has 0 unspecified atom stereocenters. The highest BCUT2D eigenvalue weighted by molar-refractivity contribution is 5.94. The number of primary amides is 1. The van der Waals surface area contributed by atoms with Gasteiger partial charge in [-0.25, -0.2) is 0 Å². The van der Waals surface area contributed by atoms with E-state index in [1.54, 1.807) is 19.0 Å². The van der Waals surface area contributed by atoms with Crippen LogP contribution in [-0.2, 0) is 0 Å². The van der Waals surface area contributed by atoms with Gasteiger partial charge in [-0.15, -0.1) is 0 Å². The lowest BCUT2D eigenvalue weighted by Crippen LogP contribution is -2.28. The quantitative estimate of drug-likeness (QED) is 0.562. The van der Waals surface area contributed by atoms with Crippen LogP contribution < -0.4 is 16.0 Å². The van der Waals surface area contributed by atoms with E-state index >= 15 is 0 Å². The fourth-order valence-corrected chi connectivity index (χ4v) is 1.54. The summed E-state index contributed by atoms with van der Waals surface area (Å²) in [5.74, 6) is -0.604. The molecule has 0 aromatic heterocycles. The molecule has 98 valence electrons. The van der Waals surface area contributed by atoms with Gasteiger partial charge in [0.15, 0.2) is 0 Å². The number of likely N-dealkylation sites (N-methyl/N-ethyl adjacent to an activating group) is 2. The van der Waals surface area contributed by atoms with Crippen molar-refractivity contribution in [2.45, 2.75) is 0 Å². The standard InChI is InChI=1S/C11H16N4O3/c1-13-5-6-14(2)10-7-8(11(12)16)3-4-9(10)15(17)18/h3-4,7,13H,5-6H2,1-2H3,(H2,12,16). The van der Waals surface area contributed by atoms with Crippen LogP contribution in [-0.4, -0.2) is 38.0 Å². The van der Waals surface area contributed by atoms with Gasteiger partial charge in [0.05, 0.1) is 4.92 Å². The monoisotopic (exact) mass is 252 g/mol. The van der Waals surface area contributed by atoms with Crippen molar-refractivity contribution in [2.24, 2.45) is 5.73 Å². The van der Waals surface area contributed by atoms with E-state index in [1.165, 1.54) is 18.2 Å². The van der Waals surface area contributed by atoms with E-state index in [4.69, 9.17) is 5.73 Å². The van der Waals surface area contributed by atoms with Crippen LogP contribution in [0.1, 0.15) is 10.4 Å². The lowest BCUT2D eigenvalue weighted by molar-refractivity contribution is -0.384. The van der Waals surface area contributed by atoms with Crippen LogP contribution in [0, 0.1) is 10.1 Å². The molecule has 1 aromatic rings. The number of nitro groups is 1. The van der Waals surface area contributed by atoms with E-state index in [0.29, 0.717) is 18.8 Å². The van der Waals surface area contributed by atoms with E-state index in [9.17, 15) is 14.9 Å². The van der Waals surface area contributed by atoms with Crippen molar-refractivity contribution in [1.29, 1.82) is 0 Å². The van der Waals surface area contributed by atoms with E-state index in [-0.39, 0.29) is 11.3 Å². The Balaban J connectivity index is 3.14. The zero-order valence-electron chi connectivity index (χ0n) is 10.3. The molecule has 0 aliphatic heterocycles. The number of rotatable bonds is 6. The van der Waals surface area contributed by atoms with Crippen molar-refractivity contribution in [3.8, 4) is 0 Å². The fraction of sp³-hybridized carbons (Fsp3) is 0.364. The Morgan fingerprint density at radius 3 is 2.72 bits per heavy atom. The second kappa shape index (κ2) is 5.97. The van der Waals surface area contributed by atoms with Gasteiger partial charge < -0.3 is 16.0 Å². The van der Waals surface area contributed by atoms with E-state index < -0.39 is 10.8 Å². The van der Waals surface area contributed by atoms with Crippen LogP contribution in [0.5, 0.6) is 0 Å². The third-order valence-corrected chi connectivity index (χ3v) is 2.57. The number of anilines is 1. The largest absolute Gasteiger partial charge is 0.368 e. The lowest BCUT2D eigenvalue weighted by atomic mass is 10.1. The summed E-state index contributed by atoms with van der Waals surface area (Å²) in [6.07, 6.45) is 0. The Hall–Kier alpha value is -2.15. The molecule has 0 fully saturated rings. The van der Waals surface area contributed by atoms with Crippen LogP contribution in [0.4, 0.5) is 11.4 Å². The number of hydrogen-bond donors (Lipinski definition) is 2. The van der Waals surface area contributed by atoms with Crippen molar-refractivity contribution >= 4 is 17.3 Å². The molecule has 3 N–H and O–H groups in total. The Labute approximate surface area is 105 Å². The first kappa shape index (κ1) is 13.9. The topological polar surface area (TPSA) is 102 Å². The Morgan fingerprint density at radius 1 is 1.56 bits per heavy atom. The number of carbonyl (C=O) groups excluding carboxylic acids is 1. The van der Waals surface area contributed by atoms with Gasteiger partial charge in [-0.3, -0.25) is 14.9 Å². The molecular formula is C11H16N4O3. The van der Waals surface area contributed by atoms with Crippen molar-refractivity contribution in [2.75, 3.05) is 32.1 Å². The van der Waals surface area contributed by atoms with Gasteiger partial charge in [0.1, 0.15) is 5.69 Å². The molecule has 1 amide bonds. The SMILES string of the molecule is CNCCN(C)c1cc(C(N)=O)ccc1[N+](=O)[O-]. The molecule has 0 saturated heterocycles. The minimum Gasteiger partial charge on any atom is -0.368 e. The number of nitrogens with one attached hydrogen (secondary N) is 1. The molecule has 0 aliphatic carbocycles. The highest BCUT2D eigenvalue weighted by atomic mass is 16.6. The molecule has 7 nitrogen and oxygen atoms in total. The van der Waals surface area contributed by atoms with Crippen molar-refractivity contribution in [3.05, 3.63) is 33.9 Å². The van der Waals surface area contributed by atoms with Gasteiger partial charge in [0, 0.05) is 31.8 Å². The van der Waals surface area contributed by atoms with Crippen LogP contribution >= 0.6 is 0 Å². The number of nitrogens with two attached hydrogens (primary N) is 1. The van der Waals surface area contributed by atoms with Crippen molar-refractivity contribution in [3.63, 3.8) is 0 Å². The predicted octanol–water partition coefficient (Wildman–Crippen LogP) is 0.349. The lowest BCUT2D eigenvalue weighted by Gasteiger charge is -2.19. The number of carbonyl (C=O) groups is 1. The Morgan fingerprint density at radius 2 is 2.22 bits per heavy atom. The number of benzene rings is 1. The van der Waals surface area contributed by atoms with Crippen molar-refractivity contribution < 1.29 is 9.72 Å². The smallest absolute Gasteiger partial charge is 0.292 e. The highest BCUT2D eigenvalue weighted by Crippen LogP contribution is 2.28. The molecular weight excluding hydrogens is 236 g/mol. The number of amides is 1. The highest BCUT2D eigenvalue weighted by Gasteiger charge is 2.18. The third-order valence-electron chi connectivity index (χ3n) is 2.57. The number of nitrogens with zero attached hydrogens (tertiary/aromatic N) is 2. The van der Waals surface area contributed by atoms with E-state index in [2.05, 4.69) is 5.32 Å². The average molecular weight is 252 g/mol. The first-order valence-electron chi connectivity index (χ1n) is 5.41. The molecule has 0 spiro atoms. The molecule has 1 aromatic carbocycles. The van der Waals surface area contributed by atoms with Gasteiger partial charge in [-0.1, -0.05) is 0 Å². The first-order chi connectivity index (χ1) is 8.47. The Kier molecular flexibility index (Phi) is 4.61. The summed E-state index contributed by atoms with van der Waals surface area (Å²) in [5, 5.41) is 13.9. The summed E-state index contributed by atoms with van der Waals surface area (Å²) >= 11 is 0. The average Bonchev–Trinajstić information content (AvgIpc) is 2.34. The van der Waals surface area contributed by atoms with E-state index in [0.717, 1.165) is 0 Å². The van der Waals surface area contributed by atoms with Crippen LogP contribution in [0.2, 0.25) is 0 Å². The predicted molar refractivity (Wildman–Crippen MR) is 68.8 cm³/mol. The maximum absolute atomic E-state index is 11.1. The second-order valence-corrected chi connectivity index (χ2v) is 3.85. The number of hydrogen-bond acceptors (Lipinski definition) is 5. The minimum absolute atomic E-state index is 0.0430. The first-order valence-corrected chi connectivity index (χ1v) is 5.41. The summed E-state index contributed by atoms with van der Waals surface area (Å²) in [4.78, 5) is 23.3. The Bertz CT molecular complexity index is 462. The summed E-state index contributed by atoms with van der Waals surface area (Å²) in [6.45, 7) is 1.26. The molecule has 0 radical (unpaired) electrons. The zero-order chi connectivity index (χ0) is 13.7. The summed E-state index contributed by atoms with van der Waals surface area (Å²) in [7, 11) is 3.52. The zero-order valence-corrected chi connectivity index (χ0v) is 10.3. The third kappa shape index (κ3) is 3.17. The minimum atomic E-state index is -0.604. The molecule has 0 bridgehead atoms. The molecule has 1 rings (SSSR count). The molecule has 0 aliphatic rings. The van der Waals surface area contributed by atoms with Gasteiger partial charge in [-0.2, -0.15) is 0 Å².